The van der Waals surface area contributed by atoms with Crippen molar-refractivity contribution in [3.63, 3.8) is 0 Å². The van der Waals surface area contributed by atoms with Crippen molar-refractivity contribution in [2.75, 3.05) is 0 Å². The van der Waals surface area contributed by atoms with Gasteiger partial charge in [-0.05, 0) is 26.0 Å². The van der Waals surface area contributed by atoms with Crippen molar-refractivity contribution in [1.29, 1.82) is 0 Å². The van der Waals surface area contributed by atoms with E-state index in [1.165, 1.54) is 0 Å². The first kappa shape index (κ1) is 12.6. The average molecular weight is 247 g/mol. The van der Waals surface area contributed by atoms with Crippen molar-refractivity contribution < 1.29 is 9.26 Å². The molecule has 5 nitrogen and oxygen atoms in total. The topological polar surface area (TPSA) is 74.2 Å². The number of aromatic nitrogens is 2. The second kappa shape index (κ2) is 5.18. The van der Waals surface area contributed by atoms with Crippen LogP contribution < -0.4 is 10.5 Å². The van der Waals surface area contributed by atoms with Gasteiger partial charge in [0.2, 0.25) is 11.7 Å². The number of hydrogen-bond donors (Lipinski definition) is 1. The number of hydrogen-bond acceptors (Lipinski definition) is 5. The summed E-state index contributed by atoms with van der Waals surface area (Å²) in [6, 6.07) is 9.51. The summed E-state index contributed by atoms with van der Waals surface area (Å²) < 4.78 is 10.6. The third kappa shape index (κ3) is 3.85. The molecule has 0 unspecified atom stereocenters. The maximum atomic E-state index is 5.88. The minimum Gasteiger partial charge on any atom is -0.485 e. The molecule has 0 fully saturated rings. The largest absolute Gasteiger partial charge is 0.485 e. The Bertz CT molecular complexity index is 488. The highest BCUT2D eigenvalue weighted by Gasteiger charge is 2.17. The van der Waals surface area contributed by atoms with Crippen LogP contribution in [0.4, 0.5) is 0 Å². The molecular weight excluding hydrogens is 230 g/mol. The molecule has 0 atom stereocenters. The number of benzene rings is 1. The van der Waals surface area contributed by atoms with Gasteiger partial charge in [-0.1, -0.05) is 23.4 Å². The maximum Gasteiger partial charge on any atom is 0.228 e. The van der Waals surface area contributed by atoms with E-state index in [0.717, 1.165) is 5.75 Å². The summed E-state index contributed by atoms with van der Waals surface area (Å²) in [7, 11) is 0. The first-order valence-electron chi connectivity index (χ1n) is 5.81. The van der Waals surface area contributed by atoms with Crippen LogP contribution in [0, 0.1) is 0 Å². The quantitative estimate of drug-likeness (QED) is 0.873. The molecule has 2 aromatic rings. The molecule has 0 aliphatic carbocycles. The highest BCUT2D eigenvalue weighted by Crippen LogP contribution is 2.12. The Balaban J connectivity index is 1.91. The molecule has 2 N–H and O–H groups in total. The lowest BCUT2D eigenvalue weighted by Gasteiger charge is -2.14. The number of nitrogens with zero attached hydrogens (tertiary/aromatic N) is 2. The normalized spacial score (nSPS) is 11.5. The molecule has 0 amide bonds. The number of para-hydroxylation sites is 1. The summed E-state index contributed by atoms with van der Waals surface area (Å²) in [6.45, 7) is 4.12. The summed E-state index contributed by atoms with van der Waals surface area (Å²) >= 11 is 0. The molecule has 1 aromatic carbocycles. The molecule has 1 heterocycles. The van der Waals surface area contributed by atoms with Crippen LogP contribution in [0.2, 0.25) is 0 Å². The monoisotopic (exact) mass is 247 g/mol. The summed E-state index contributed by atoms with van der Waals surface area (Å²) in [5, 5.41) is 3.85. The summed E-state index contributed by atoms with van der Waals surface area (Å²) in [5.41, 5.74) is 5.53. The lowest BCUT2D eigenvalue weighted by Crippen LogP contribution is -2.34. The van der Waals surface area contributed by atoms with Crippen LogP contribution in [0.3, 0.4) is 0 Å². The Morgan fingerprint density at radius 1 is 1.28 bits per heavy atom. The van der Waals surface area contributed by atoms with Crippen LogP contribution >= 0.6 is 0 Å². The fraction of sp³-hybridized carbons (Fsp3) is 0.385. The van der Waals surface area contributed by atoms with Crippen LogP contribution in [0.1, 0.15) is 25.6 Å². The van der Waals surface area contributed by atoms with Gasteiger partial charge in [0.15, 0.2) is 6.61 Å². The molecule has 96 valence electrons. The summed E-state index contributed by atoms with van der Waals surface area (Å²) in [6.07, 6.45) is 0.547. The van der Waals surface area contributed by atoms with E-state index in [4.69, 9.17) is 15.0 Å². The number of rotatable bonds is 5. The van der Waals surface area contributed by atoms with Crippen LogP contribution in [-0.4, -0.2) is 15.7 Å². The Morgan fingerprint density at radius 2 is 2.00 bits per heavy atom. The van der Waals surface area contributed by atoms with E-state index in [9.17, 15) is 0 Å². The van der Waals surface area contributed by atoms with Crippen molar-refractivity contribution in [3.8, 4) is 5.75 Å². The Kier molecular flexibility index (Phi) is 3.62. The zero-order chi connectivity index (χ0) is 13.0. The van der Waals surface area contributed by atoms with Gasteiger partial charge in [0.05, 0.1) is 0 Å². The molecule has 0 bridgehead atoms. The molecular formula is C13H17N3O2. The zero-order valence-electron chi connectivity index (χ0n) is 10.6. The van der Waals surface area contributed by atoms with Gasteiger partial charge in [-0.15, -0.1) is 0 Å². The van der Waals surface area contributed by atoms with Crippen LogP contribution in [0.5, 0.6) is 5.75 Å². The van der Waals surface area contributed by atoms with Crippen molar-refractivity contribution in [3.05, 3.63) is 42.0 Å². The molecule has 0 radical (unpaired) electrons. The number of ether oxygens (including phenoxy) is 1. The van der Waals surface area contributed by atoms with Crippen LogP contribution in [0.15, 0.2) is 34.9 Å². The van der Waals surface area contributed by atoms with Gasteiger partial charge >= 0.3 is 0 Å². The van der Waals surface area contributed by atoms with Crippen molar-refractivity contribution in [2.45, 2.75) is 32.4 Å². The van der Waals surface area contributed by atoms with E-state index < -0.39 is 0 Å². The van der Waals surface area contributed by atoms with Gasteiger partial charge in [0.25, 0.3) is 0 Å². The Labute approximate surface area is 106 Å². The third-order valence-electron chi connectivity index (χ3n) is 2.23. The summed E-state index contributed by atoms with van der Waals surface area (Å²) in [4.78, 5) is 4.23. The van der Waals surface area contributed by atoms with Crippen molar-refractivity contribution in [2.24, 2.45) is 5.73 Å². The van der Waals surface area contributed by atoms with Gasteiger partial charge < -0.3 is 15.0 Å². The minimum absolute atomic E-state index is 0.290. The predicted octanol–water partition coefficient (Wildman–Crippen LogP) is 1.93. The van der Waals surface area contributed by atoms with Gasteiger partial charge in [0.1, 0.15) is 5.75 Å². The zero-order valence-corrected chi connectivity index (χ0v) is 10.6. The highest BCUT2D eigenvalue weighted by atomic mass is 16.5. The summed E-state index contributed by atoms with van der Waals surface area (Å²) in [5.74, 6) is 1.84. The van der Waals surface area contributed by atoms with Crippen molar-refractivity contribution >= 4 is 0 Å². The predicted molar refractivity (Wildman–Crippen MR) is 67.0 cm³/mol. The fourth-order valence-electron chi connectivity index (χ4n) is 1.47. The second-order valence-corrected chi connectivity index (χ2v) is 4.87. The smallest absolute Gasteiger partial charge is 0.228 e. The van der Waals surface area contributed by atoms with E-state index >= 15 is 0 Å². The number of nitrogens with two attached hydrogens (primary N) is 1. The van der Waals surface area contributed by atoms with E-state index in [1.54, 1.807) is 0 Å². The van der Waals surface area contributed by atoms with Crippen LogP contribution in [0.25, 0.3) is 0 Å². The molecule has 0 aliphatic rings. The second-order valence-electron chi connectivity index (χ2n) is 4.87. The van der Waals surface area contributed by atoms with E-state index in [1.807, 2.05) is 44.2 Å². The molecule has 18 heavy (non-hydrogen) atoms. The SMILES string of the molecule is CC(C)(N)Cc1nc(COc2ccccc2)no1. The van der Waals surface area contributed by atoms with Gasteiger partial charge in [0, 0.05) is 12.0 Å². The molecule has 1 aromatic heterocycles. The third-order valence-corrected chi connectivity index (χ3v) is 2.23. The molecule has 0 saturated carbocycles. The lowest BCUT2D eigenvalue weighted by molar-refractivity contribution is 0.284. The van der Waals surface area contributed by atoms with Gasteiger partial charge in [-0.25, -0.2) is 0 Å². The van der Waals surface area contributed by atoms with Gasteiger partial charge in [-0.3, -0.25) is 0 Å². The van der Waals surface area contributed by atoms with E-state index in [0.29, 0.717) is 24.7 Å². The first-order chi connectivity index (χ1) is 8.53. The van der Waals surface area contributed by atoms with Crippen LogP contribution in [-0.2, 0) is 13.0 Å². The molecule has 0 saturated heterocycles. The minimum atomic E-state index is -0.357. The molecule has 0 spiro atoms. The standard InChI is InChI=1S/C13H17N3O2/c1-13(2,14)8-12-15-11(16-18-12)9-17-10-6-4-3-5-7-10/h3-7H,8-9,14H2,1-2H3. The van der Waals surface area contributed by atoms with E-state index in [-0.39, 0.29) is 5.54 Å². The van der Waals surface area contributed by atoms with Crippen molar-refractivity contribution in [1.82, 2.24) is 10.1 Å². The van der Waals surface area contributed by atoms with Gasteiger partial charge in [-0.2, -0.15) is 4.98 Å². The average Bonchev–Trinajstić information content (AvgIpc) is 2.73. The lowest BCUT2D eigenvalue weighted by atomic mass is 10.0. The maximum absolute atomic E-state index is 5.88. The molecule has 5 heteroatoms. The molecule has 0 aliphatic heterocycles. The first-order valence-corrected chi connectivity index (χ1v) is 5.81. The Hall–Kier alpha value is -1.88. The highest BCUT2D eigenvalue weighted by molar-refractivity contribution is 5.20. The molecule has 2 rings (SSSR count). The Morgan fingerprint density at radius 3 is 2.67 bits per heavy atom. The fourth-order valence-corrected chi connectivity index (χ4v) is 1.47. The van der Waals surface area contributed by atoms with E-state index in [2.05, 4.69) is 10.1 Å².